The molecule has 0 spiro atoms. The van der Waals surface area contributed by atoms with Gasteiger partial charge in [-0.15, -0.1) is 0 Å². The molecule has 3 rings (SSSR count). The highest BCUT2D eigenvalue weighted by Gasteiger charge is 2.29. The Labute approximate surface area is 168 Å². The first-order valence-electron chi connectivity index (χ1n) is 9.18. The van der Waals surface area contributed by atoms with E-state index in [1.165, 1.54) is 11.8 Å². The van der Waals surface area contributed by atoms with Crippen molar-refractivity contribution in [2.45, 2.75) is 37.5 Å². The quantitative estimate of drug-likeness (QED) is 0.394. The Morgan fingerprint density at radius 3 is 2.57 bits per heavy atom. The molecule has 1 aromatic rings. The molecule has 1 aliphatic heterocycles. The minimum atomic E-state index is -0.460. The van der Waals surface area contributed by atoms with E-state index in [1.807, 2.05) is 24.3 Å². The normalized spacial score (nSPS) is 15.3. The summed E-state index contributed by atoms with van der Waals surface area (Å²) in [6.45, 7) is 5.58. The third-order valence-corrected chi connectivity index (χ3v) is 5.67. The van der Waals surface area contributed by atoms with Crippen LogP contribution in [0.2, 0.25) is 0 Å². The molecule has 5 nitrogen and oxygen atoms in total. The fraction of sp³-hybridized carbons (Fsp3) is 0.318. The van der Waals surface area contributed by atoms with Gasteiger partial charge in [0.05, 0.1) is 13.2 Å². The van der Waals surface area contributed by atoms with Gasteiger partial charge >= 0.3 is 11.9 Å². The van der Waals surface area contributed by atoms with Crippen LogP contribution in [0.15, 0.2) is 63.4 Å². The topological polar surface area (TPSA) is 69.7 Å². The second kappa shape index (κ2) is 9.06. The summed E-state index contributed by atoms with van der Waals surface area (Å²) in [7, 11) is 0. The van der Waals surface area contributed by atoms with Crippen LogP contribution >= 0.6 is 11.8 Å². The third-order valence-electron chi connectivity index (χ3n) is 4.47. The zero-order valence-electron chi connectivity index (χ0n) is 15.8. The Balaban J connectivity index is 1.51. The summed E-state index contributed by atoms with van der Waals surface area (Å²) in [5.74, 6) is -0.894. The van der Waals surface area contributed by atoms with Gasteiger partial charge in [-0.05, 0) is 37.5 Å². The van der Waals surface area contributed by atoms with E-state index < -0.39 is 11.9 Å². The maximum Gasteiger partial charge on any atom is 0.334 e. The molecule has 0 N–H and O–H groups in total. The fourth-order valence-electron chi connectivity index (χ4n) is 2.93. The van der Waals surface area contributed by atoms with Crippen LogP contribution in [0.25, 0.3) is 0 Å². The third kappa shape index (κ3) is 4.81. The van der Waals surface area contributed by atoms with E-state index in [4.69, 9.17) is 9.47 Å². The predicted molar refractivity (Wildman–Crippen MR) is 107 cm³/mol. The molecule has 0 amide bonds. The lowest BCUT2D eigenvalue weighted by molar-refractivity contribution is -0.141. The molecular formula is C22H22O5S. The average Bonchev–Trinajstić information content (AvgIpc) is 2.68. The summed E-state index contributed by atoms with van der Waals surface area (Å²) in [5.41, 5.74) is 2.67. The maximum absolute atomic E-state index is 12.5. The van der Waals surface area contributed by atoms with Crippen molar-refractivity contribution in [2.24, 2.45) is 0 Å². The van der Waals surface area contributed by atoms with Gasteiger partial charge in [-0.2, -0.15) is 0 Å². The number of thioether (sulfide) groups is 1. The molecule has 0 radical (unpaired) electrons. The number of benzene rings is 1. The Bertz CT molecular complexity index is 894. The number of unbranched alkanes of at least 4 members (excludes halogenated alkanes) is 1. The van der Waals surface area contributed by atoms with Crippen LogP contribution in [-0.4, -0.2) is 30.9 Å². The largest absolute Gasteiger partial charge is 0.462 e. The number of allylic oxidation sites excluding steroid dienone is 2. The first-order valence-corrected chi connectivity index (χ1v) is 10.00. The van der Waals surface area contributed by atoms with Crippen molar-refractivity contribution in [3.63, 3.8) is 0 Å². The molecule has 1 aromatic carbocycles. The van der Waals surface area contributed by atoms with Crippen LogP contribution in [0, 0.1) is 0 Å². The van der Waals surface area contributed by atoms with E-state index in [2.05, 4.69) is 6.58 Å². The Kier molecular flexibility index (Phi) is 6.52. The highest BCUT2D eigenvalue weighted by atomic mass is 32.2. The summed E-state index contributed by atoms with van der Waals surface area (Å²) in [6.07, 6.45) is 3.64. The van der Waals surface area contributed by atoms with Gasteiger partial charge in [0.2, 0.25) is 0 Å². The van der Waals surface area contributed by atoms with Crippen LogP contribution in [0.3, 0.4) is 0 Å². The highest BCUT2D eigenvalue weighted by molar-refractivity contribution is 8.03. The Morgan fingerprint density at radius 2 is 1.82 bits per heavy atom. The lowest BCUT2D eigenvalue weighted by Gasteiger charge is -2.24. The number of Topliss-reactive ketones (excluding diaryl/α,β-unsaturated/α-hetero) is 1. The number of carbonyl (C=O) groups is 3. The maximum atomic E-state index is 12.5. The molecule has 0 aromatic heterocycles. The summed E-state index contributed by atoms with van der Waals surface area (Å²) < 4.78 is 10.3. The summed E-state index contributed by atoms with van der Waals surface area (Å²) >= 11 is 1.52. The number of ketones is 1. The predicted octanol–water partition coefficient (Wildman–Crippen LogP) is 3.93. The number of carbonyl (C=O) groups excluding carboxylic acids is 3. The van der Waals surface area contributed by atoms with E-state index in [0.717, 1.165) is 20.9 Å². The summed E-state index contributed by atoms with van der Waals surface area (Å²) in [4.78, 5) is 38.1. The molecule has 0 saturated heterocycles. The molecule has 0 atom stereocenters. The molecule has 28 heavy (non-hydrogen) atoms. The van der Waals surface area contributed by atoms with Gasteiger partial charge in [-0.1, -0.05) is 36.5 Å². The SMILES string of the molecule is C=C(C)C(=O)OCCCCOC(=O)C1=CC2=C(Cc3ccccc3S2)C(=O)C1. The number of hydrogen-bond donors (Lipinski definition) is 0. The minimum absolute atomic E-state index is 0.0156. The lowest BCUT2D eigenvalue weighted by Crippen LogP contribution is -2.20. The van der Waals surface area contributed by atoms with Crippen LogP contribution < -0.4 is 0 Å². The molecule has 146 valence electrons. The summed E-state index contributed by atoms with van der Waals surface area (Å²) in [6, 6.07) is 7.99. The van der Waals surface area contributed by atoms with E-state index in [0.29, 0.717) is 30.4 Å². The summed E-state index contributed by atoms with van der Waals surface area (Å²) in [5, 5.41) is 0. The molecule has 0 fully saturated rings. The van der Waals surface area contributed by atoms with Crippen LogP contribution in [0.1, 0.15) is 31.7 Å². The Morgan fingerprint density at radius 1 is 1.11 bits per heavy atom. The fourth-order valence-corrected chi connectivity index (χ4v) is 4.09. The van der Waals surface area contributed by atoms with Crippen molar-refractivity contribution in [1.82, 2.24) is 0 Å². The van der Waals surface area contributed by atoms with Gasteiger partial charge in [-0.3, -0.25) is 4.79 Å². The molecule has 0 bridgehead atoms. The molecule has 2 aliphatic rings. The van der Waals surface area contributed by atoms with Gasteiger partial charge in [0.25, 0.3) is 0 Å². The van der Waals surface area contributed by atoms with Gasteiger partial charge < -0.3 is 9.47 Å². The molecule has 1 heterocycles. The van der Waals surface area contributed by atoms with E-state index in [-0.39, 0.29) is 25.4 Å². The molecule has 1 aliphatic carbocycles. The van der Waals surface area contributed by atoms with E-state index in [9.17, 15) is 14.4 Å². The Hall–Kier alpha value is -2.60. The second-order valence-electron chi connectivity index (χ2n) is 6.76. The first-order chi connectivity index (χ1) is 13.5. The van der Waals surface area contributed by atoms with Gasteiger partial charge in [-0.25, -0.2) is 9.59 Å². The number of rotatable bonds is 7. The van der Waals surface area contributed by atoms with Crippen LogP contribution in [0.5, 0.6) is 0 Å². The zero-order chi connectivity index (χ0) is 20.1. The van der Waals surface area contributed by atoms with Crippen molar-refractivity contribution in [3.05, 3.63) is 64.1 Å². The second-order valence-corrected chi connectivity index (χ2v) is 7.84. The van der Waals surface area contributed by atoms with Crippen LogP contribution in [-0.2, 0) is 30.3 Å². The highest BCUT2D eigenvalue weighted by Crippen LogP contribution is 2.42. The van der Waals surface area contributed by atoms with Crippen molar-refractivity contribution >= 4 is 29.5 Å². The van der Waals surface area contributed by atoms with Gasteiger partial charge in [0, 0.05) is 39.4 Å². The smallest absolute Gasteiger partial charge is 0.334 e. The van der Waals surface area contributed by atoms with E-state index in [1.54, 1.807) is 13.0 Å². The standard InChI is InChI=1S/C22H22O5S/c1-14(2)21(24)26-9-5-6-10-27-22(25)16-12-18(23)17-11-15-7-3-4-8-19(15)28-20(17)13-16/h3-4,7-8,13H,1,5-6,9-12H2,2H3. The van der Waals surface area contributed by atoms with Crippen molar-refractivity contribution < 1.29 is 23.9 Å². The number of hydrogen-bond acceptors (Lipinski definition) is 6. The number of esters is 2. The molecule has 6 heteroatoms. The molecular weight excluding hydrogens is 376 g/mol. The van der Waals surface area contributed by atoms with Gasteiger partial charge in [0.1, 0.15) is 0 Å². The van der Waals surface area contributed by atoms with Crippen molar-refractivity contribution in [1.29, 1.82) is 0 Å². The monoisotopic (exact) mass is 398 g/mol. The lowest BCUT2D eigenvalue weighted by atomic mass is 9.92. The average molecular weight is 398 g/mol. The zero-order valence-corrected chi connectivity index (χ0v) is 16.6. The van der Waals surface area contributed by atoms with Crippen molar-refractivity contribution in [3.8, 4) is 0 Å². The van der Waals surface area contributed by atoms with Crippen molar-refractivity contribution in [2.75, 3.05) is 13.2 Å². The molecule has 0 unspecified atom stereocenters. The first kappa shape index (κ1) is 20.1. The number of ether oxygens (including phenoxy) is 2. The van der Waals surface area contributed by atoms with Crippen LogP contribution in [0.4, 0.5) is 0 Å². The molecule has 0 saturated carbocycles. The number of fused-ring (bicyclic) bond motifs is 1. The van der Waals surface area contributed by atoms with E-state index >= 15 is 0 Å². The van der Waals surface area contributed by atoms with Gasteiger partial charge in [0.15, 0.2) is 5.78 Å². The minimum Gasteiger partial charge on any atom is -0.462 e.